The number of hydrogen-bond donors (Lipinski definition) is 1. The quantitative estimate of drug-likeness (QED) is 0.907. The molecule has 2 N–H and O–H groups in total. The number of benzene rings is 2. The van der Waals surface area contributed by atoms with Crippen molar-refractivity contribution in [3.8, 4) is 5.75 Å². The van der Waals surface area contributed by atoms with Gasteiger partial charge in [-0.05, 0) is 41.8 Å². The predicted molar refractivity (Wildman–Crippen MR) is 80.3 cm³/mol. The molecule has 0 saturated heterocycles. The monoisotopic (exact) mass is 353 g/mol. The van der Waals surface area contributed by atoms with Gasteiger partial charge in [0.15, 0.2) is 0 Å². The minimum atomic E-state index is -0.756. The first-order valence-electron chi connectivity index (χ1n) is 6.70. The van der Waals surface area contributed by atoms with Gasteiger partial charge in [-0.15, -0.1) is 0 Å². The number of rotatable bonds is 3. The van der Waals surface area contributed by atoms with Crippen LogP contribution in [0, 0.1) is 11.6 Å². The molecule has 21 heavy (non-hydrogen) atoms. The van der Waals surface area contributed by atoms with E-state index in [1.54, 1.807) is 0 Å². The Bertz CT molecular complexity index is 670. The van der Waals surface area contributed by atoms with Gasteiger partial charge in [0.25, 0.3) is 0 Å². The third kappa shape index (κ3) is 2.80. The highest BCUT2D eigenvalue weighted by Gasteiger charge is 2.22. The second-order valence-corrected chi connectivity index (χ2v) is 6.01. The van der Waals surface area contributed by atoms with Crippen LogP contribution in [0.15, 0.2) is 34.8 Å². The van der Waals surface area contributed by atoms with Crippen LogP contribution >= 0.6 is 15.9 Å². The average Bonchev–Trinajstić information content (AvgIpc) is 2.86. The van der Waals surface area contributed by atoms with Crippen LogP contribution in [-0.2, 0) is 12.8 Å². The van der Waals surface area contributed by atoms with Crippen molar-refractivity contribution in [2.24, 2.45) is 5.73 Å². The zero-order valence-electron chi connectivity index (χ0n) is 11.2. The Hall–Kier alpha value is -1.46. The average molecular weight is 354 g/mol. The molecule has 3 rings (SSSR count). The normalized spacial score (nSPS) is 14.7. The van der Waals surface area contributed by atoms with Crippen molar-refractivity contribution < 1.29 is 13.5 Å². The highest BCUT2D eigenvalue weighted by molar-refractivity contribution is 9.10. The lowest BCUT2D eigenvalue weighted by molar-refractivity contribution is 0.352. The van der Waals surface area contributed by atoms with Gasteiger partial charge in [0.05, 0.1) is 6.61 Å². The van der Waals surface area contributed by atoms with E-state index in [0.717, 1.165) is 27.8 Å². The Balaban J connectivity index is 1.94. The largest absolute Gasteiger partial charge is 0.493 e. The molecule has 0 aliphatic carbocycles. The maximum Gasteiger partial charge on any atom is 0.130 e. The second kappa shape index (κ2) is 5.73. The number of halogens is 3. The number of hydrogen-bond acceptors (Lipinski definition) is 2. The van der Waals surface area contributed by atoms with Crippen molar-refractivity contribution in [3.05, 3.63) is 63.1 Å². The summed E-state index contributed by atoms with van der Waals surface area (Å²) in [5.74, 6) is -0.435. The van der Waals surface area contributed by atoms with E-state index in [4.69, 9.17) is 10.5 Å². The molecule has 0 spiro atoms. The van der Waals surface area contributed by atoms with Gasteiger partial charge in [0.2, 0.25) is 0 Å². The molecule has 1 unspecified atom stereocenters. The van der Waals surface area contributed by atoms with E-state index < -0.39 is 17.7 Å². The van der Waals surface area contributed by atoms with Gasteiger partial charge in [-0.2, -0.15) is 0 Å². The lowest BCUT2D eigenvalue weighted by atomic mass is 9.96. The van der Waals surface area contributed by atoms with Crippen molar-refractivity contribution in [1.82, 2.24) is 0 Å². The van der Waals surface area contributed by atoms with Crippen molar-refractivity contribution in [2.45, 2.75) is 18.9 Å². The van der Waals surface area contributed by atoms with Gasteiger partial charge in [0, 0.05) is 22.5 Å². The summed E-state index contributed by atoms with van der Waals surface area (Å²) in [7, 11) is 0. The molecular formula is C16H14BrF2NO. The molecule has 110 valence electrons. The Morgan fingerprint density at radius 2 is 1.95 bits per heavy atom. The summed E-state index contributed by atoms with van der Waals surface area (Å²) < 4.78 is 34.1. The maximum atomic E-state index is 13.8. The van der Waals surface area contributed by atoms with Crippen molar-refractivity contribution in [2.75, 3.05) is 6.61 Å². The molecule has 1 aliphatic heterocycles. The van der Waals surface area contributed by atoms with Crippen molar-refractivity contribution in [3.63, 3.8) is 0 Å². The molecule has 0 amide bonds. The Morgan fingerprint density at radius 3 is 2.67 bits per heavy atom. The molecule has 1 heterocycles. The molecule has 0 aromatic heterocycles. The summed E-state index contributed by atoms with van der Waals surface area (Å²) in [5.41, 5.74) is 7.91. The van der Waals surface area contributed by atoms with Gasteiger partial charge < -0.3 is 10.5 Å². The third-order valence-corrected chi connectivity index (χ3v) is 4.09. The van der Waals surface area contributed by atoms with Gasteiger partial charge in [-0.3, -0.25) is 0 Å². The Morgan fingerprint density at radius 1 is 1.24 bits per heavy atom. The Kier molecular flexibility index (Phi) is 3.95. The van der Waals surface area contributed by atoms with Crippen LogP contribution in [0.2, 0.25) is 0 Å². The van der Waals surface area contributed by atoms with Gasteiger partial charge in [0.1, 0.15) is 17.4 Å². The Labute approximate surface area is 130 Å². The molecule has 5 heteroatoms. The zero-order chi connectivity index (χ0) is 15.0. The van der Waals surface area contributed by atoms with E-state index in [1.165, 1.54) is 18.2 Å². The van der Waals surface area contributed by atoms with Gasteiger partial charge in [-0.25, -0.2) is 8.78 Å². The summed E-state index contributed by atoms with van der Waals surface area (Å²) in [4.78, 5) is 0. The minimum Gasteiger partial charge on any atom is -0.493 e. The van der Waals surface area contributed by atoms with Crippen LogP contribution in [0.4, 0.5) is 8.78 Å². The van der Waals surface area contributed by atoms with Gasteiger partial charge >= 0.3 is 0 Å². The highest BCUT2D eigenvalue weighted by atomic mass is 79.9. The van der Waals surface area contributed by atoms with Crippen LogP contribution in [0.5, 0.6) is 5.75 Å². The van der Waals surface area contributed by atoms with Crippen LogP contribution in [0.1, 0.15) is 22.7 Å². The van der Waals surface area contributed by atoms with Crippen LogP contribution in [0.3, 0.4) is 0 Å². The predicted octanol–water partition coefficient (Wildman–Crippen LogP) is 3.90. The number of nitrogens with two attached hydrogens (primary N) is 1. The van der Waals surface area contributed by atoms with Crippen molar-refractivity contribution in [1.29, 1.82) is 0 Å². The topological polar surface area (TPSA) is 35.2 Å². The van der Waals surface area contributed by atoms with E-state index in [-0.39, 0.29) is 5.56 Å². The SMILES string of the molecule is NC(Cc1cc(Br)cc2c1OCC2)c1c(F)cccc1F. The van der Waals surface area contributed by atoms with E-state index in [2.05, 4.69) is 15.9 Å². The first-order valence-corrected chi connectivity index (χ1v) is 7.49. The summed E-state index contributed by atoms with van der Waals surface area (Å²) in [6.45, 7) is 0.627. The summed E-state index contributed by atoms with van der Waals surface area (Å²) in [6.07, 6.45) is 1.16. The summed E-state index contributed by atoms with van der Waals surface area (Å²) >= 11 is 3.45. The fourth-order valence-corrected chi connectivity index (χ4v) is 3.25. The zero-order valence-corrected chi connectivity index (χ0v) is 12.8. The highest BCUT2D eigenvalue weighted by Crippen LogP contribution is 2.35. The fourth-order valence-electron chi connectivity index (χ4n) is 2.70. The van der Waals surface area contributed by atoms with Crippen LogP contribution in [0.25, 0.3) is 0 Å². The van der Waals surface area contributed by atoms with Gasteiger partial charge in [-0.1, -0.05) is 22.0 Å². The smallest absolute Gasteiger partial charge is 0.130 e. The first-order chi connectivity index (χ1) is 10.1. The fraction of sp³-hybridized carbons (Fsp3) is 0.250. The van der Waals surface area contributed by atoms with Crippen molar-refractivity contribution >= 4 is 15.9 Å². The third-order valence-electron chi connectivity index (χ3n) is 3.64. The minimum absolute atomic E-state index is 0.0794. The molecule has 0 bridgehead atoms. The molecule has 1 aliphatic rings. The molecule has 2 aromatic carbocycles. The second-order valence-electron chi connectivity index (χ2n) is 5.10. The lowest BCUT2D eigenvalue weighted by Gasteiger charge is -2.16. The first kappa shape index (κ1) is 14.5. The van der Waals surface area contributed by atoms with E-state index in [1.807, 2.05) is 12.1 Å². The van der Waals surface area contributed by atoms with Crippen LogP contribution in [-0.4, -0.2) is 6.61 Å². The molecule has 2 nitrogen and oxygen atoms in total. The molecule has 0 fully saturated rings. The maximum absolute atomic E-state index is 13.8. The number of ether oxygens (including phenoxy) is 1. The summed E-state index contributed by atoms with van der Waals surface area (Å²) in [6, 6.07) is 6.92. The number of fused-ring (bicyclic) bond motifs is 1. The van der Waals surface area contributed by atoms with E-state index >= 15 is 0 Å². The molecule has 0 saturated carbocycles. The van der Waals surface area contributed by atoms with Crippen LogP contribution < -0.4 is 10.5 Å². The molecule has 1 atom stereocenters. The standard InChI is InChI=1S/C16H14BrF2NO/c17-11-6-9-4-5-21-16(9)10(7-11)8-14(20)15-12(18)2-1-3-13(15)19/h1-3,6-7,14H,4-5,8,20H2. The van der Waals surface area contributed by atoms with E-state index in [9.17, 15) is 8.78 Å². The molecular weight excluding hydrogens is 340 g/mol. The molecule has 0 radical (unpaired) electrons. The van der Waals surface area contributed by atoms with E-state index in [0.29, 0.717) is 13.0 Å². The lowest BCUT2D eigenvalue weighted by Crippen LogP contribution is -2.17. The molecule has 2 aromatic rings. The summed E-state index contributed by atoms with van der Waals surface area (Å²) in [5, 5.41) is 0.